The van der Waals surface area contributed by atoms with Crippen LogP contribution in [0.1, 0.15) is 53.4 Å². The first-order valence-electron chi connectivity index (χ1n) is 6.56. The number of carbonyl (C=O) groups excluding carboxylic acids is 1. The summed E-state index contributed by atoms with van der Waals surface area (Å²) < 4.78 is 0. The summed E-state index contributed by atoms with van der Waals surface area (Å²) in [6.07, 6.45) is 6.66. The second-order valence-electron chi connectivity index (χ2n) is 7.02. The normalized spacial score (nSPS) is 55.1. The molecule has 4 unspecified atom stereocenters. The molecule has 0 saturated heterocycles. The van der Waals surface area contributed by atoms with Gasteiger partial charge in [0.25, 0.3) is 0 Å². The van der Waals surface area contributed by atoms with Gasteiger partial charge in [0, 0.05) is 11.8 Å². The van der Waals surface area contributed by atoms with Crippen LogP contribution in [0.3, 0.4) is 0 Å². The Kier molecular flexibility index (Phi) is 1.73. The first-order valence-corrected chi connectivity index (χ1v) is 6.56. The zero-order valence-corrected chi connectivity index (χ0v) is 10.9. The standard InChI is InChI=1S/C15H22O/c1-10-9-13(2)6-5-11(16)15(4)8-7-14(10,3)12(13)15/h9,12H,5-8H2,1-4H3. The van der Waals surface area contributed by atoms with Crippen molar-refractivity contribution in [3.63, 3.8) is 0 Å². The average Bonchev–Trinajstić information content (AvgIpc) is 2.59. The molecule has 0 aromatic heterocycles. The minimum Gasteiger partial charge on any atom is -0.299 e. The Bertz CT molecular complexity index is 408. The minimum absolute atomic E-state index is 0.0317. The van der Waals surface area contributed by atoms with Crippen LogP contribution >= 0.6 is 0 Å². The Balaban J connectivity index is 2.19. The number of allylic oxidation sites excluding steroid dienone is 2. The van der Waals surface area contributed by atoms with Gasteiger partial charge in [-0.2, -0.15) is 0 Å². The summed E-state index contributed by atoms with van der Waals surface area (Å²) in [6.45, 7) is 9.27. The number of hydrogen-bond donors (Lipinski definition) is 0. The van der Waals surface area contributed by atoms with E-state index in [2.05, 4.69) is 33.8 Å². The summed E-state index contributed by atoms with van der Waals surface area (Å²) in [5, 5.41) is 0. The van der Waals surface area contributed by atoms with Crippen LogP contribution in [0.15, 0.2) is 11.6 Å². The van der Waals surface area contributed by atoms with E-state index in [1.807, 2.05) is 0 Å². The largest absolute Gasteiger partial charge is 0.299 e. The first kappa shape index (κ1) is 10.6. The molecule has 3 aliphatic carbocycles. The van der Waals surface area contributed by atoms with E-state index in [9.17, 15) is 4.79 Å². The first-order chi connectivity index (χ1) is 7.33. The van der Waals surface area contributed by atoms with Gasteiger partial charge in [0.15, 0.2) is 0 Å². The van der Waals surface area contributed by atoms with Gasteiger partial charge >= 0.3 is 0 Å². The predicted octanol–water partition coefficient (Wildman–Crippen LogP) is 3.74. The highest BCUT2D eigenvalue weighted by Crippen LogP contribution is 2.71. The molecule has 0 amide bonds. The fraction of sp³-hybridized carbons (Fsp3) is 0.800. The van der Waals surface area contributed by atoms with Crippen molar-refractivity contribution in [2.45, 2.75) is 53.4 Å². The highest BCUT2D eigenvalue weighted by atomic mass is 16.1. The predicted molar refractivity (Wildman–Crippen MR) is 65.0 cm³/mol. The number of hydrogen-bond acceptors (Lipinski definition) is 1. The number of Topliss-reactive ketones (excluding diaryl/α,β-unsaturated/α-hetero) is 1. The third-order valence-electron chi connectivity index (χ3n) is 6.07. The van der Waals surface area contributed by atoms with Crippen molar-refractivity contribution in [1.29, 1.82) is 0 Å². The van der Waals surface area contributed by atoms with E-state index in [1.165, 1.54) is 6.42 Å². The molecule has 2 fully saturated rings. The molecule has 3 rings (SSSR count). The second-order valence-corrected chi connectivity index (χ2v) is 7.02. The lowest BCUT2D eigenvalue weighted by Crippen LogP contribution is -2.47. The van der Waals surface area contributed by atoms with Crippen LogP contribution in [-0.2, 0) is 4.79 Å². The van der Waals surface area contributed by atoms with Crippen molar-refractivity contribution in [3.8, 4) is 0 Å². The molecule has 88 valence electrons. The Morgan fingerprint density at radius 2 is 1.75 bits per heavy atom. The van der Waals surface area contributed by atoms with Gasteiger partial charge in [0.2, 0.25) is 0 Å². The van der Waals surface area contributed by atoms with E-state index in [0.29, 0.717) is 17.1 Å². The van der Waals surface area contributed by atoms with Crippen LogP contribution in [0.5, 0.6) is 0 Å². The van der Waals surface area contributed by atoms with Crippen LogP contribution in [0.25, 0.3) is 0 Å². The van der Waals surface area contributed by atoms with E-state index in [0.717, 1.165) is 19.3 Å². The molecular formula is C15H22O. The van der Waals surface area contributed by atoms with Crippen LogP contribution in [-0.4, -0.2) is 5.78 Å². The van der Waals surface area contributed by atoms with Gasteiger partial charge in [-0.1, -0.05) is 32.4 Å². The van der Waals surface area contributed by atoms with Crippen LogP contribution in [0.4, 0.5) is 0 Å². The lowest BCUT2D eigenvalue weighted by atomic mass is 9.55. The molecule has 16 heavy (non-hydrogen) atoms. The molecule has 1 heteroatoms. The van der Waals surface area contributed by atoms with Gasteiger partial charge in [-0.3, -0.25) is 4.79 Å². The summed E-state index contributed by atoms with van der Waals surface area (Å²) in [5.41, 5.74) is 2.10. The summed E-state index contributed by atoms with van der Waals surface area (Å²) in [6, 6.07) is 0. The van der Waals surface area contributed by atoms with E-state index in [4.69, 9.17) is 0 Å². The van der Waals surface area contributed by atoms with Crippen LogP contribution < -0.4 is 0 Å². The zero-order chi connectivity index (χ0) is 11.8. The van der Waals surface area contributed by atoms with Gasteiger partial charge in [-0.05, 0) is 42.9 Å². The Morgan fingerprint density at radius 3 is 2.44 bits per heavy atom. The lowest BCUT2D eigenvalue weighted by molar-refractivity contribution is -0.138. The fourth-order valence-corrected chi connectivity index (χ4v) is 5.32. The molecule has 3 aliphatic rings. The van der Waals surface area contributed by atoms with Crippen molar-refractivity contribution < 1.29 is 4.79 Å². The molecule has 4 atom stereocenters. The monoisotopic (exact) mass is 218 g/mol. The van der Waals surface area contributed by atoms with Crippen molar-refractivity contribution in [2.24, 2.45) is 22.2 Å². The van der Waals surface area contributed by atoms with Gasteiger partial charge in [-0.25, -0.2) is 0 Å². The SMILES string of the molecule is CC1=CC2(C)CCC(=O)C3(C)CCC1(C)C23. The summed E-state index contributed by atoms with van der Waals surface area (Å²) in [4.78, 5) is 12.3. The Hall–Kier alpha value is -0.590. The average molecular weight is 218 g/mol. The quantitative estimate of drug-likeness (QED) is 0.566. The molecule has 0 spiro atoms. The van der Waals surface area contributed by atoms with E-state index in [1.54, 1.807) is 5.57 Å². The summed E-state index contributed by atoms with van der Waals surface area (Å²) in [7, 11) is 0. The van der Waals surface area contributed by atoms with E-state index in [-0.39, 0.29) is 10.8 Å². The van der Waals surface area contributed by atoms with Crippen LogP contribution in [0, 0.1) is 22.2 Å². The van der Waals surface area contributed by atoms with Crippen molar-refractivity contribution in [1.82, 2.24) is 0 Å². The minimum atomic E-state index is -0.0317. The van der Waals surface area contributed by atoms with Crippen LogP contribution in [0.2, 0.25) is 0 Å². The third-order valence-corrected chi connectivity index (χ3v) is 6.07. The van der Waals surface area contributed by atoms with Crippen molar-refractivity contribution in [3.05, 3.63) is 11.6 Å². The molecule has 2 saturated carbocycles. The molecule has 1 nitrogen and oxygen atoms in total. The van der Waals surface area contributed by atoms with Crippen molar-refractivity contribution in [2.75, 3.05) is 0 Å². The van der Waals surface area contributed by atoms with Gasteiger partial charge < -0.3 is 0 Å². The van der Waals surface area contributed by atoms with Gasteiger partial charge in [-0.15, -0.1) is 0 Å². The number of ketones is 1. The Morgan fingerprint density at radius 1 is 1.12 bits per heavy atom. The summed E-state index contributed by atoms with van der Waals surface area (Å²) in [5.74, 6) is 1.09. The Labute approximate surface area is 98.3 Å². The van der Waals surface area contributed by atoms with Gasteiger partial charge in [0.05, 0.1) is 0 Å². The lowest BCUT2D eigenvalue weighted by Gasteiger charge is -2.48. The van der Waals surface area contributed by atoms with E-state index >= 15 is 0 Å². The molecule has 0 aliphatic heterocycles. The highest BCUT2D eigenvalue weighted by Gasteiger charge is 2.66. The van der Waals surface area contributed by atoms with Gasteiger partial charge in [0.1, 0.15) is 5.78 Å². The highest BCUT2D eigenvalue weighted by molar-refractivity contribution is 5.87. The topological polar surface area (TPSA) is 17.1 Å². The molecule has 0 aromatic carbocycles. The maximum Gasteiger partial charge on any atom is 0.139 e. The molecule has 0 radical (unpaired) electrons. The molecule has 0 N–H and O–H groups in total. The van der Waals surface area contributed by atoms with Crippen molar-refractivity contribution >= 4 is 5.78 Å². The molecule has 0 bridgehead atoms. The smallest absolute Gasteiger partial charge is 0.139 e. The maximum atomic E-state index is 12.3. The zero-order valence-electron chi connectivity index (χ0n) is 10.9. The molecular weight excluding hydrogens is 196 g/mol. The molecule has 0 heterocycles. The number of rotatable bonds is 0. The maximum absolute atomic E-state index is 12.3. The molecule has 0 aromatic rings. The number of carbonyl (C=O) groups is 1. The second kappa shape index (κ2) is 2.63. The third kappa shape index (κ3) is 0.919. The summed E-state index contributed by atoms with van der Waals surface area (Å²) >= 11 is 0. The van der Waals surface area contributed by atoms with E-state index < -0.39 is 0 Å². The fourth-order valence-electron chi connectivity index (χ4n) is 5.32.